The highest BCUT2D eigenvalue weighted by molar-refractivity contribution is 6.63. The van der Waals surface area contributed by atoms with E-state index < -0.39 is 5.68 Å². The molecular formula is C9H5BFNO. The van der Waals surface area contributed by atoms with Gasteiger partial charge in [-0.05, 0) is 18.2 Å². The second kappa shape index (κ2) is 2.73. The minimum atomic E-state index is -0.558. The summed E-state index contributed by atoms with van der Waals surface area (Å²) in [5, 5.41) is 0.521. The number of aromatic amines is 1. The van der Waals surface area contributed by atoms with Crippen LogP contribution in [0.4, 0.5) is 4.39 Å². The van der Waals surface area contributed by atoms with Crippen molar-refractivity contribution in [2.75, 3.05) is 0 Å². The van der Waals surface area contributed by atoms with Crippen LogP contribution in [0.25, 0.3) is 10.9 Å². The molecule has 1 aromatic heterocycles. The number of H-pyrrole nitrogens is 1. The lowest BCUT2D eigenvalue weighted by Gasteiger charge is -1.93. The third kappa shape index (κ3) is 1.24. The molecular weight excluding hydrogens is 168 g/mol. The van der Waals surface area contributed by atoms with Gasteiger partial charge in [0.15, 0.2) is 7.85 Å². The molecule has 0 saturated carbocycles. The zero-order chi connectivity index (χ0) is 9.42. The van der Waals surface area contributed by atoms with E-state index in [0.717, 1.165) is 0 Å². The second-order valence-corrected chi connectivity index (χ2v) is 2.76. The van der Waals surface area contributed by atoms with Gasteiger partial charge in [-0.2, -0.15) is 0 Å². The van der Waals surface area contributed by atoms with Crippen molar-refractivity contribution in [1.29, 1.82) is 0 Å². The average molecular weight is 173 g/mol. The minimum absolute atomic E-state index is 0.314. The van der Waals surface area contributed by atoms with Crippen LogP contribution in [0, 0.1) is 5.82 Å². The van der Waals surface area contributed by atoms with Crippen LogP contribution in [-0.4, -0.2) is 18.5 Å². The summed E-state index contributed by atoms with van der Waals surface area (Å²) in [7, 11) is 5.09. The van der Waals surface area contributed by atoms with Gasteiger partial charge in [0.25, 0.3) is 0 Å². The molecule has 2 nitrogen and oxygen atoms in total. The molecule has 1 aromatic carbocycles. The monoisotopic (exact) mass is 173 g/mol. The van der Waals surface area contributed by atoms with Gasteiger partial charge in [-0.25, -0.2) is 4.39 Å². The van der Waals surface area contributed by atoms with Gasteiger partial charge in [0.05, 0.1) is 0 Å². The fourth-order valence-corrected chi connectivity index (χ4v) is 1.30. The van der Waals surface area contributed by atoms with Crippen LogP contribution in [-0.2, 0) is 0 Å². The predicted octanol–water partition coefficient (Wildman–Crippen LogP) is 1.62. The van der Waals surface area contributed by atoms with E-state index in [-0.39, 0.29) is 5.82 Å². The minimum Gasteiger partial charge on any atom is -0.360 e. The molecule has 0 fully saturated rings. The molecule has 62 valence electrons. The average Bonchev–Trinajstić information content (AvgIpc) is 2.46. The lowest BCUT2D eigenvalue weighted by Crippen LogP contribution is -1.94. The van der Waals surface area contributed by atoms with Crippen molar-refractivity contribution in [3.05, 3.63) is 35.8 Å². The Hall–Kier alpha value is -1.58. The molecule has 2 radical (unpaired) electrons. The van der Waals surface area contributed by atoms with E-state index in [0.29, 0.717) is 16.5 Å². The maximum atomic E-state index is 12.8. The molecule has 0 atom stereocenters. The van der Waals surface area contributed by atoms with Crippen molar-refractivity contribution in [1.82, 2.24) is 4.98 Å². The zero-order valence-electron chi connectivity index (χ0n) is 6.67. The summed E-state index contributed by atoms with van der Waals surface area (Å²) in [5.74, 6) is -0.380. The highest BCUT2D eigenvalue weighted by Crippen LogP contribution is 2.18. The molecule has 13 heavy (non-hydrogen) atoms. The molecule has 4 heteroatoms. The lowest BCUT2D eigenvalue weighted by molar-refractivity contribution is 0.108. The molecule has 0 spiro atoms. The van der Waals surface area contributed by atoms with Gasteiger partial charge >= 0.3 is 0 Å². The fourth-order valence-electron chi connectivity index (χ4n) is 1.30. The third-order valence-electron chi connectivity index (χ3n) is 1.91. The van der Waals surface area contributed by atoms with E-state index in [1.165, 1.54) is 18.3 Å². The second-order valence-electron chi connectivity index (χ2n) is 2.76. The summed E-state index contributed by atoms with van der Waals surface area (Å²) in [4.78, 5) is 13.7. The van der Waals surface area contributed by atoms with E-state index >= 15 is 0 Å². The number of rotatable bonds is 1. The first-order valence-electron chi connectivity index (χ1n) is 3.75. The van der Waals surface area contributed by atoms with Crippen molar-refractivity contribution in [3.8, 4) is 0 Å². The number of nitrogens with one attached hydrogen (secondary N) is 1. The van der Waals surface area contributed by atoms with E-state index in [9.17, 15) is 9.18 Å². The van der Waals surface area contributed by atoms with E-state index in [1.807, 2.05) is 0 Å². The molecule has 2 rings (SSSR count). The van der Waals surface area contributed by atoms with Gasteiger partial charge in [0, 0.05) is 22.7 Å². The van der Waals surface area contributed by atoms with E-state index in [2.05, 4.69) is 4.98 Å². The summed E-state index contributed by atoms with van der Waals surface area (Å²) in [6.07, 6.45) is 1.48. The molecule has 1 N–H and O–H groups in total. The first-order valence-corrected chi connectivity index (χ1v) is 3.75. The Morgan fingerprint density at radius 2 is 2.23 bits per heavy atom. The smallest absolute Gasteiger partial charge is 0.175 e. The highest BCUT2D eigenvalue weighted by atomic mass is 19.1. The van der Waals surface area contributed by atoms with Crippen molar-refractivity contribution >= 4 is 24.4 Å². The Kier molecular flexibility index (Phi) is 1.69. The Balaban J connectivity index is 2.79. The quantitative estimate of drug-likeness (QED) is 0.652. The molecule has 0 aliphatic heterocycles. The number of aromatic nitrogens is 1. The van der Waals surface area contributed by atoms with Crippen LogP contribution in [0.3, 0.4) is 0 Å². The number of halogens is 1. The van der Waals surface area contributed by atoms with Gasteiger partial charge in [-0.3, -0.25) is 0 Å². The lowest BCUT2D eigenvalue weighted by atomic mass is 9.94. The first kappa shape index (κ1) is 8.04. The Morgan fingerprint density at radius 1 is 1.46 bits per heavy atom. The van der Waals surface area contributed by atoms with Gasteiger partial charge < -0.3 is 9.78 Å². The Labute approximate surface area is 75.2 Å². The van der Waals surface area contributed by atoms with Crippen LogP contribution in [0.2, 0.25) is 0 Å². The maximum Gasteiger partial charge on any atom is 0.175 e. The van der Waals surface area contributed by atoms with Gasteiger partial charge in [-0.15, -0.1) is 0 Å². The standard InChI is InChI=1S/C9H5BFNO/c10-9(13)7-4-12-8-2-1-5(11)3-6(7)8/h1-4,12H. The number of fused-ring (bicyclic) bond motifs is 1. The first-order chi connectivity index (χ1) is 6.18. The summed E-state index contributed by atoms with van der Waals surface area (Å²) in [6, 6.07) is 4.17. The van der Waals surface area contributed by atoms with Crippen LogP contribution in [0.5, 0.6) is 0 Å². The van der Waals surface area contributed by atoms with Crippen molar-refractivity contribution in [2.45, 2.75) is 0 Å². The van der Waals surface area contributed by atoms with Gasteiger partial charge in [0.1, 0.15) is 11.5 Å². The van der Waals surface area contributed by atoms with Crippen LogP contribution in [0.1, 0.15) is 10.4 Å². The van der Waals surface area contributed by atoms with E-state index in [4.69, 9.17) is 7.85 Å². The third-order valence-corrected chi connectivity index (χ3v) is 1.91. The molecule has 0 amide bonds. The van der Waals surface area contributed by atoms with E-state index in [1.54, 1.807) is 6.07 Å². The zero-order valence-corrected chi connectivity index (χ0v) is 6.67. The summed E-state index contributed by atoms with van der Waals surface area (Å²) < 4.78 is 12.8. The van der Waals surface area contributed by atoms with Crippen molar-refractivity contribution in [2.24, 2.45) is 0 Å². The fraction of sp³-hybridized carbons (Fsp3) is 0. The van der Waals surface area contributed by atoms with Crippen LogP contribution >= 0.6 is 0 Å². The predicted molar refractivity (Wildman–Crippen MR) is 48.3 cm³/mol. The Bertz CT molecular complexity index is 477. The van der Waals surface area contributed by atoms with Crippen LogP contribution in [0.15, 0.2) is 24.4 Å². The van der Waals surface area contributed by atoms with Crippen molar-refractivity contribution in [3.63, 3.8) is 0 Å². The SMILES string of the molecule is [B]C(=O)c1c[nH]c2ccc(F)cc12. The van der Waals surface area contributed by atoms with Gasteiger partial charge in [0.2, 0.25) is 0 Å². The Morgan fingerprint density at radius 3 is 2.92 bits per heavy atom. The number of benzene rings is 1. The molecule has 2 aromatic rings. The largest absolute Gasteiger partial charge is 0.360 e. The number of carbonyl (C=O) groups is 1. The van der Waals surface area contributed by atoms with Crippen molar-refractivity contribution < 1.29 is 9.18 Å². The van der Waals surface area contributed by atoms with Gasteiger partial charge in [-0.1, -0.05) is 0 Å². The summed E-state index contributed by atoms with van der Waals surface area (Å²) in [6.45, 7) is 0. The molecule has 0 bridgehead atoms. The topological polar surface area (TPSA) is 32.9 Å². The molecule has 1 heterocycles. The summed E-state index contributed by atoms with van der Waals surface area (Å²) in [5.41, 5.74) is 0.460. The molecule has 0 aliphatic carbocycles. The molecule has 0 aliphatic rings. The van der Waals surface area contributed by atoms with Crippen LogP contribution < -0.4 is 0 Å². The summed E-state index contributed by atoms with van der Waals surface area (Å²) >= 11 is 0. The number of hydrogen-bond donors (Lipinski definition) is 1. The molecule has 0 saturated heterocycles. The number of hydrogen-bond acceptors (Lipinski definition) is 1. The highest BCUT2D eigenvalue weighted by Gasteiger charge is 2.07. The normalized spacial score (nSPS) is 10.5. The molecule has 0 unspecified atom stereocenters. The maximum absolute atomic E-state index is 12.8. The number of carbonyl (C=O) groups excluding carboxylic acids is 1.